The summed E-state index contributed by atoms with van der Waals surface area (Å²) >= 11 is 0. The maximum Gasteiger partial charge on any atom is 0.407 e. The van der Waals surface area contributed by atoms with Gasteiger partial charge in [-0.3, -0.25) is 4.79 Å². The van der Waals surface area contributed by atoms with Crippen LogP contribution in [-0.4, -0.2) is 56.0 Å². The van der Waals surface area contributed by atoms with Gasteiger partial charge in [0.25, 0.3) is 0 Å². The van der Waals surface area contributed by atoms with Crippen LogP contribution >= 0.6 is 0 Å². The second-order valence-electron chi connectivity index (χ2n) is 10.3. The van der Waals surface area contributed by atoms with Crippen molar-refractivity contribution in [1.82, 2.24) is 10.6 Å². The van der Waals surface area contributed by atoms with Crippen LogP contribution in [0, 0.1) is 5.92 Å². The first-order valence-corrected chi connectivity index (χ1v) is 12.7. The van der Waals surface area contributed by atoms with Crippen LogP contribution in [0.5, 0.6) is 0 Å². The zero-order valence-electron chi connectivity index (χ0n) is 22.5. The summed E-state index contributed by atoms with van der Waals surface area (Å²) in [5.41, 5.74) is 3.97. The molecule has 2 N–H and O–H groups in total. The van der Waals surface area contributed by atoms with Crippen LogP contribution in [0.15, 0.2) is 48.5 Å². The quantitative estimate of drug-likeness (QED) is 0.459. The number of rotatable bonds is 10. The van der Waals surface area contributed by atoms with E-state index >= 15 is 0 Å². The van der Waals surface area contributed by atoms with E-state index in [4.69, 9.17) is 14.2 Å². The zero-order valence-corrected chi connectivity index (χ0v) is 22.5. The van der Waals surface area contributed by atoms with E-state index in [1.807, 2.05) is 71.0 Å². The summed E-state index contributed by atoms with van der Waals surface area (Å²) in [6, 6.07) is 14.3. The van der Waals surface area contributed by atoms with Gasteiger partial charge in [0.05, 0.1) is 19.3 Å². The summed E-state index contributed by atoms with van der Waals surface area (Å²) in [5, 5.41) is 5.38. The number of hydrogen-bond acceptors (Lipinski definition) is 6. The van der Waals surface area contributed by atoms with Gasteiger partial charge in [0.15, 0.2) is 6.04 Å². The van der Waals surface area contributed by atoms with Crippen molar-refractivity contribution < 1.29 is 28.6 Å². The summed E-state index contributed by atoms with van der Waals surface area (Å²) in [6.45, 7) is 9.41. The first kappa shape index (κ1) is 28.2. The minimum absolute atomic E-state index is 0.0555. The van der Waals surface area contributed by atoms with Crippen molar-refractivity contribution >= 4 is 18.0 Å². The molecule has 0 aromatic heterocycles. The SMILES string of the molecule is CC[C@H](C)[C@H](NC(=O)OCC1c2ccccc2-c2ccccc21)C(=O)N[C@@H](COC(C)(C)C)C(=O)OC. The largest absolute Gasteiger partial charge is 0.467 e. The first-order chi connectivity index (χ1) is 17.6. The Bertz CT molecular complexity index is 1060. The molecule has 0 heterocycles. The molecule has 0 radical (unpaired) electrons. The van der Waals surface area contributed by atoms with E-state index in [1.165, 1.54) is 7.11 Å². The molecule has 0 aliphatic heterocycles. The lowest BCUT2D eigenvalue weighted by Crippen LogP contribution is -2.55. The van der Waals surface area contributed by atoms with Gasteiger partial charge in [0.2, 0.25) is 5.91 Å². The van der Waals surface area contributed by atoms with E-state index in [0.717, 1.165) is 22.3 Å². The van der Waals surface area contributed by atoms with Gasteiger partial charge in [0.1, 0.15) is 12.6 Å². The Morgan fingerprint density at radius 2 is 1.51 bits per heavy atom. The fourth-order valence-corrected chi connectivity index (χ4v) is 4.37. The van der Waals surface area contributed by atoms with Crippen LogP contribution in [0.4, 0.5) is 4.79 Å². The van der Waals surface area contributed by atoms with Gasteiger partial charge in [-0.15, -0.1) is 0 Å². The average Bonchev–Trinajstić information content (AvgIpc) is 3.20. The topological polar surface area (TPSA) is 103 Å². The third-order valence-electron chi connectivity index (χ3n) is 6.60. The van der Waals surface area contributed by atoms with Crippen molar-refractivity contribution in [3.05, 3.63) is 59.7 Å². The Morgan fingerprint density at radius 3 is 2.03 bits per heavy atom. The second-order valence-corrected chi connectivity index (χ2v) is 10.3. The average molecular weight is 511 g/mol. The highest BCUT2D eigenvalue weighted by Gasteiger charge is 2.33. The molecule has 2 aromatic rings. The van der Waals surface area contributed by atoms with E-state index in [9.17, 15) is 14.4 Å². The van der Waals surface area contributed by atoms with Crippen molar-refractivity contribution in [3.63, 3.8) is 0 Å². The van der Waals surface area contributed by atoms with Crippen molar-refractivity contribution in [3.8, 4) is 11.1 Å². The number of carbonyl (C=O) groups excluding carboxylic acids is 3. The maximum atomic E-state index is 13.2. The van der Waals surface area contributed by atoms with Gasteiger partial charge in [-0.25, -0.2) is 9.59 Å². The van der Waals surface area contributed by atoms with Crippen LogP contribution in [0.2, 0.25) is 0 Å². The Balaban J connectivity index is 1.67. The van der Waals surface area contributed by atoms with Crippen molar-refractivity contribution in [1.29, 1.82) is 0 Å². The Hall–Kier alpha value is -3.39. The van der Waals surface area contributed by atoms with Crippen molar-refractivity contribution in [2.45, 2.75) is 64.6 Å². The normalized spacial score (nSPS) is 15.1. The minimum Gasteiger partial charge on any atom is -0.467 e. The van der Waals surface area contributed by atoms with E-state index in [1.54, 1.807) is 0 Å². The maximum absolute atomic E-state index is 13.2. The summed E-state index contributed by atoms with van der Waals surface area (Å²) in [6.07, 6.45) is -0.0637. The number of nitrogens with one attached hydrogen (secondary N) is 2. The molecule has 200 valence electrons. The van der Waals surface area contributed by atoms with Crippen LogP contribution < -0.4 is 10.6 Å². The highest BCUT2D eigenvalue weighted by Crippen LogP contribution is 2.44. The third kappa shape index (κ3) is 7.10. The lowest BCUT2D eigenvalue weighted by atomic mass is 9.98. The molecule has 0 unspecified atom stereocenters. The van der Waals surface area contributed by atoms with Crippen LogP contribution in [0.1, 0.15) is 58.1 Å². The highest BCUT2D eigenvalue weighted by molar-refractivity contribution is 5.90. The smallest absolute Gasteiger partial charge is 0.407 e. The number of fused-ring (bicyclic) bond motifs is 3. The summed E-state index contributed by atoms with van der Waals surface area (Å²) in [4.78, 5) is 38.3. The number of amides is 2. The molecule has 1 aliphatic rings. The Kier molecular flexibility index (Phi) is 9.32. The molecule has 2 amide bonds. The molecular formula is C29H38N2O6. The third-order valence-corrected chi connectivity index (χ3v) is 6.60. The lowest BCUT2D eigenvalue weighted by molar-refractivity contribution is -0.149. The van der Waals surface area contributed by atoms with Gasteiger partial charge in [-0.05, 0) is 48.9 Å². The summed E-state index contributed by atoms with van der Waals surface area (Å²) < 4.78 is 16.2. The molecule has 0 saturated heterocycles. The molecular weight excluding hydrogens is 472 g/mol. The lowest BCUT2D eigenvalue weighted by Gasteiger charge is -2.27. The fourth-order valence-electron chi connectivity index (χ4n) is 4.37. The number of benzene rings is 2. The van der Waals surface area contributed by atoms with Gasteiger partial charge < -0.3 is 24.8 Å². The number of alkyl carbamates (subject to hydrolysis) is 1. The summed E-state index contributed by atoms with van der Waals surface area (Å²) in [5.74, 6) is -1.42. The monoisotopic (exact) mass is 510 g/mol. The highest BCUT2D eigenvalue weighted by atomic mass is 16.5. The Morgan fingerprint density at radius 1 is 0.946 bits per heavy atom. The van der Waals surface area contributed by atoms with Crippen LogP contribution in [0.25, 0.3) is 11.1 Å². The standard InChI is InChI=1S/C29H38N2O6/c1-7-18(2)25(26(32)30-24(27(33)35-6)17-37-29(3,4)5)31-28(34)36-16-23-21-14-10-8-12-19(21)20-13-9-11-15-22(20)23/h8-15,18,23-25H,7,16-17H2,1-6H3,(H,30,32)(H,31,34)/t18-,24-,25-/m0/s1. The van der Waals surface area contributed by atoms with Gasteiger partial charge in [0, 0.05) is 5.92 Å². The summed E-state index contributed by atoms with van der Waals surface area (Å²) in [7, 11) is 1.25. The molecule has 3 rings (SSSR count). The molecule has 0 fully saturated rings. The second kappa shape index (κ2) is 12.2. The molecule has 8 heteroatoms. The zero-order chi connectivity index (χ0) is 27.2. The molecule has 8 nitrogen and oxygen atoms in total. The molecule has 0 bridgehead atoms. The molecule has 3 atom stereocenters. The number of hydrogen-bond donors (Lipinski definition) is 2. The fraction of sp³-hybridized carbons (Fsp3) is 0.483. The van der Waals surface area contributed by atoms with Crippen molar-refractivity contribution in [2.75, 3.05) is 20.3 Å². The van der Waals surface area contributed by atoms with Crippen LogP contribution in [0.3, 0.4) is 0 Å². The number of methoxy groups -OCH3 is 1. The molecule has 37 heavy (non-hydrogen) atoms. The Labute approximate surface area is 219 Å². The molecule has 0 saturated carbocycles. The predicted octanol–water partition coefficient (Wildman–Crippen LogP) is 4.41. The minimum atomic E-state index is -1.01. The van der Waals surface area contributed by atoms with E-state index in [-0.39, 0.29) is 25.0 Å². The number of esters is 1. The van der Waals surface area contributed by atoms with E-state index in [2.05, 4.69) is 22.8 Å². The molecule has 2 aromatic carbocycles. The van der Waals surface area contributed by atoms with E-state index < -0.39 is 35.7 Å². The number of carbonyl (C=O) groups is 3. The van der Waals surface area contributed by atoms with Gasteiger partial charge in [-0.2, -0.15) is 0 Å². The molecule has 0 spiro atoms. The number of ether oxygens (including phenoxy) is 3. The predicted molar refractivity (Wildman–Crippen MR) is 141 cm³/mol. The van der Waals surface area contributed by atoms with Gasteiger partial charge >= 0.3 is 12.1 Å². The van der Waals surface area contributed by atoms with Crippen LogP contribution in [-0.2, 0) is 23.8 Å². The van der Waals surface area contributed by atoms with E-state index in [0.29, 0.717) is 6.42 Å². The van der Waals surface area contributed by atoms with Crippen molar-refractivity contribution in [2.24, 2.45) is 5.92 Å². The first-order valence-electron chi connectivity index (χ1n) is 12.7. The van der Waals surface area contributed by atoms with Gasteiger partial charge in [-0.1, -0.05) is 68.8 Å². The molecule has 1 aliphatic carbocycles.